The zero-order chi connectivity index (χ0) is 25.7. The highest BCUT2D eigenvalue weighted by molar-refractivity contribution is 5.85. The summed E-state index contributed by atoms with van der Waals surface area (Å²) in [6.45, 7) is 11.8. The summed E-state index contributed by atoms with van der Waals surface area (Å²) in [5.41, 5.74) is 9.01. The first kappa shape index (κ1) is 23.7. The van der Waals surface area contributed by atoms with Gasteiger partial charge in [-0.15, -0.1) is 0 Å². The number of anilines is 4. The van der Waals surface area contributed by atoms with Crippen LogP contribution in [0.15, 0.2) is 91.5 Å². The van der Waals surface area contributed by atoms with E-state index >= 15 is 0 Å². The number of aliphatic hydroxyl groups is 2. The third-order valence-electron chi connectivity index (χ3n) is 7.06. The Morgan fingerprint density at radius 3 is 1.81 bits per heavy atom. The second-order valence-electron chi connectivity index (χ2n) is 10.5. The molecule has 0 saturated carbocycles. The monoisotopic (exact) mass is 476 g/mol. The smallest absolute Gasteiger partial charge is 0.117 e. The van der Waals surface area contributed by atoms with Gasteiger partial charge in [0.1, 0.15) is 5.76 Å². The van der Waals surface area contributed by atoms with Gasteiger partial charge in [-0.2, -0.15) is 0 Å². The molecule has 0 bridgehead atoms. The van der Waals surface area contributed by atoms with Gasteiger partial charge in [-0.1, -0.05) is 62.9 Å². The first-order valence-corrected chi connectivity index (χ1v) is 12.2. The number of hydrogen-bond donors (Lipinski definition) is 4. The molecule has 4 nitrogen and oxygen atoms in total. The standard InChI is InChI=1S/C32H32N2O2/c1-20(35)23-10-6-8-12-29(23)33-21-14-16-24-25-17-15-22(19-28(25)31(2,3)27(24)18-21)34-30-13-9-7-11-26(30)32(4,5)36/h6-19,33-36H,1H2,2-5H3. The number of rotatable bonds is 6. The number of aliphatic hydroxyl groups excluding tert-OH is 1. The van der Waals surface area contributed by atoms with Gasteiger partial charge in [-0.25, -0.2) is 0 Å². The van der Waals surface area contributed by atoms with E-state index in [1.165, 1.54) is 22.3 Å². The van der Waals surface area contributed by atoms with Gasteiger partial charge in [-0.05, 0) is 78.6 Å². The lowest BCUT2D eigenvalue weighted by atomic mass is 9.82. The lowest BCUT2D eigenvalue weighted by Gasteiger charge is -2.24. The van der Waals surface area contributed by atoms with Crippen molar-refractivity contribution >= 4 is 28.5 Å². The molecule has 0 unspecified atom stereocenters. The molecule has 0 radical (unpaired) electrons. The van der Waals surface area contributed by atoms with Crippen LogP contribution in [0.2, 0.25) is 0 Å². The van der Waals surface area contributed by atoms with Gasteiger partial charge in [0.25, 0.3) is 0 Å². The molecule has 36 heavy (non-hydrogen) atoms. The average molecular weight is 477 g/mol. The van der Waals surface area contributed by atoms with Crippen LogP contribution in [0.4, 0.5) is 22.7 Å². The lowest BCUT2D eigenvalue weighted by Crippen LogP contribution is -2.17. The second kappa shape index (κ2) is 8.58. The van der Waals surface area contributed by atoms with Crippen LogP contribution in [-0.2, 0) is 11.0 Å². The topological polar surface area (TPSA) is 64.5 Å². The van der Waals surface area contributed by atoms with Crippen LogP contribution < -0.4 is 10.6 Å². The van der Waals surface area contributed by atoms with E-state index < -0.39 is 5.60 Å². The number of benzene rings is 4. The summed E-state index contributed by atoms with van der Waals surface area (Å²) in [5, 5.41) is 27.6. The van der Waals surface area contributed by atoms with Crippen LogP contribution in [0.5, 0.6) is 0 Å². The van der Waals surface area contributed by atoms with Gasteiger partial charge in [0.05, 0.1) is 5.60 Å². The summed E-state index contributed by atoms with van der Waals surface area (Å²) < 4.78 is 0. The summed E-state index contributed by atoms with van der Waals surface area (Å²) in [6.07, 6.45) is 0. The van der Waals surface area contributed by atoms with Gasteiger partial charge in [0.15, 0.2) is 0 Å². The zero-order valence-electron chi connectivity index (χ0n) is 21.2. The molecule has 182 valence electrons. The Balaban J connectivity index is 1.48. The molecule has 0 aliphatic heterocycles. The van der Waals surface area contributed by atoms with Gasteiger partial charge >= 0.3 is 0 Å². The third-order valence-corrected chi connectivity index (χ3v) is 7.06. The van der Waals surface area contributed by atoms with Gasteiger partial charge < -0.3 is 20.8 Å². The highest BCUT2D eigenvalue weighted by atomic mass is 16.3. The first-order chi connectivity index (χ1) is 17.1. The molecule has 4 aromatic carbocycles. The Morgan fingerprint density at radius 2 is 1.25 bits per heavy atom. The maximum atomic E-state index is 10.6. The molecule has 0 aromatic heterocycles. The predicted molar refractivity (Wildman–Crippen MR) is 150 cm³/mol. The van der Waals surface area contributed by atoms with E-state index in [-0.39, 0.29) is 11.2 Å². The fourth-order valence-electron chi connectivity index (χ4n) is 5.17. The minimum Gasteiger partial charge on any atom is -0.508 e. The van der Waals surface area contributed by atoms with Crippen molar-refractivity contribution in [2.45, 2.75) is 38.7 Å². The molecule has 0 spiro atoms. The minimum atomic E-state index is -0.944. The third kappa shape index (κ3) is 4.14. The van der Waals surface area contributed by atoms with Gasteiger partial charge in [0.2, 0.25) is 0 Å². The molecule has 0 saturated heterocycles. The lowest BCUT2D eigenvalue weighted by molar-refractivity contribution is 0.0794. The summed E-state index contributed by atoms with van der Waals surface area (Å²) in [7, 11) is 0. The molecule has 4 N–H and O–H groups in total. The van der Waals surface area contributed by atoms with E-state index in [1.807, 2.05) is 48.5 Å². The van der Waals surface area contributed by atoms with Crippen molar-refractivity contribution in [2.75, 3.05) is 10.6 Å². The molecule has 0 atom stereocenters. The number of para-hydroxylation sites is 2. The maximum absolute atomic E-state index is 10.6. The molecule has 0 fully saturated rings. The van der Waals surface area contributed by atoms with Crippen molar-refractivity contribution in [3.05, 3.63) is 114 Å². The van der Waals surface area contributed by atoms with Crippen molar-refractivity contribution in [1.82, 2.24) is 0 Å². The van der Waals surface area contributed by atoms with Gasteiger partial charge in [0, 0.05) is 39.3 Å². The molecule has 0 amide bonds. The van der Waals surface area contributed by atoms with Crippen molar-refractivity contribution in [1.29, 1.82) is 0 Å². The normalized spacial score (nSPS) is 13.6. The molecule has 1 aliphatic carbocycles. The second-order valence-corrected chi connectivity index (χ2v) is 10.5. The fourth-order valence-corrected chi connectivity index (χ4v) is 5.17. The van der Waals surface area contributed by atoms with E-state index in [1.54, 1.807) is 13.8 Å². The maximum Gasteiger partial charge on any atom is 0.117 e. The van der Waals surface area contributed by atoms with Crippen LogP contribution in [-0.4, -0.2) is 10.2 Å². The highest BCUT2D eigenvalue weighted by Crippen LogP contribution is 2.50. The van der Waals surface area contributed by atoms with Crippen LogP contribution in [0, 0.1) is 0 Å². The fraction of sp³-hybridized carbons (Fsp3) is 0.188. The SMILES string of the molecule is C=C(O)c1ccccc1Nc1ccc2c(c1)C(C)(C)c1cc(Nc3ccccc3C(C)(C)O)ccc1-2. The van der Waals surface area contributed by atoms with Crippen LogP contribution in [0.3, 0.4) is 0 Å². The molecular weight excluding hydrogens is 444 g/mol. The van der Waals surface area contributed by atoms with Crippen molar-refractivity contribution in [3.63, 3.8) is 0 Å². The van der Waals surface area contributed by atoms with E-state index in [9.17, 15) is 10.2 Å². The van der Waals surface area contributed by atoms with Crippen LogP contribution >= 0.6 is 0 Å². The van der Waals surface area contributed by atoms with Crippen LogP contribution in [0.25, 0.3) is 16.9 Å². The number of hydrogen-bond acceptors (Lipinski definition) is 4. The van der Waals surface area contributed by atoms with E-state index in [0.29, 0.717) is 5.56 Å². The Kier molecular flexibility index (Phi) is 5.65. The Hall–Kier alpha value is -4.02. The molecular formula is C32H32N2O2. The largest absolute Gasteiger partial charge is 0.508 e. The van der Waals surface area contributed by atoms with E-state index in [4.69, 9.17) is 0 Å². The number of nitrogens with one attached hydrogen (secondary N) is 2. The Labute approximate surface area is 213 Å². The Bertz CT molecular complexity index is 1480. The highest BCUT2D eigenvalue weighted by Gasteiger charge is 2.36. The van der Waals surface area contributed by atoms with Crippen molar-refractivity contribution in [3.8, 4) is 11.1 Å². The first-order valence-electron chi connectivity index (χ1n) is 12.2. The van der Waals surface area contributed by atoms with E-state index in [2.05, 4.69) is 67.5 Å². The zero-order valence-corrected chi connectivity index (χ0v) is 21.2. The molecule has 0 heterocycles. The van der Waals surface area contributed by atoms with Crippen LogP contribution in [0.1, 0.15) is 49.9 Å². The summed E-state index contributed by atoms with van der Waals surface area (Å²) in [6, 6.07) is 28.4. The predicted octanol–water partition coefficient (Wildman–Crippen LogP) is 8.24. The summed E-state index contributed by atoms with van der Waals surface area (Å²) in [4.78, 5) is 0. The number of fused-ring (bicyclic) bond motifs is 3. The van der Waals surface area contributed by atoms with Crippen molar-refractivity contribution in [2.24, 2.45) is 0 Å². The molecule has 5 rings (SSSR count). The quantitative estimate of drug-likeness (QED) is 0.212. The minimum absolute atomic E-state index is 0.0400. The summed E-state index contributed by atoms with van der Waals surface area (Å²) >= 11 is 0. The molecule has 1 aliphatic rings. The molecule has 4 aromatic rings. The summed E-state index contributed by atoms with van der Waals surface area (Å²) in [5.74, 6) is 0.0400. The van der Waals surface area contributed by atoms with Gasteiger partial charge in [-0.3, -0.25) is 0 Å². The van der Waals surface area contributed by atoms with E-state index in [0.717, 1.165) is 28.3 Å². The average Bonchev–Trinajstić information content (AvgIpc) is 3.05. The molecule has 4 heteroatoms. The Morgan fingerprint density at radius 1 is 0.750 bits per heavy atom. The van der Waals surface area contributed by atoms with Crippen molar-refractivity contribution < 1.29 is 10.2 Å².